The Balaban J connectivity index is 1.68. The van der Waals surface area contributed by atoms with Gasteiger partial charge in [-0.25, -0.2) is 0 Å². The number of para-hydroxylation sites is 1. The van der Waals surface area contributed by atoms with Gasteiger partial charge in [0.2, 0.25) is 5.89 Å². The molecule has 0 amide bonds. The molecular weight excluding hydrogens is 242 g/mol. The molecule has 0 radical (unpaired) electrons. The van der Waals surface area contributed by atoms with Crippen LogP contribution in [-0.4, -0.2) is 16.2 Å². The average molecular weight is 259 g/mol. The Hall–Kier alpha value is -1.88. The summed E-state index contributed by atoms with van der Waals surface area (Å²) in [7, 11) is 0. The van der Waals surface area contributed by atoms with Gasteiger partial charge < -0.3 is 14.5 Å². The summed E-state index contributed by atoms with van der Waals surface area (Å²) in [6.45, 7) is 4.74. The first-order valence-corrected chi connectivity index (χ1v) is 6.52. The number of nitrogens with one attached hydrogen (secondary N) is 1. The van der Waals surface area contributed by atoms with E-state index in [9.17, 15) is 0 Å². The summed E-state index contributed by atoms with van der Waals surface area (Å²) in [5.41, 5.74) is 1.19. The van der Waals surface area contributed by atoms with Crippen LogP contribution in [0.2, 0.25) is 0 Å². The molecule has 1 unspecified atom stereocenters. The lowest BCUT2D eigenvalue weighted by molar-refractivity contribution is 0.194. The van der Waals surface area contributed by atoms with E-state index < -0.39 is 0 Å². The van der Waals surface area contributed by atoms with Crippen LogP contribution in [-0.2, 0) is 13.0 Å². The molecule has 5 nitrogen and oxygen atoms in total. The van der Waals surface area contributed by atoms with Gasteiger partial charge in [-0.1, -0.05) is 32.0 Å². The number of rotatable bonds is 4. The number of hydrogen-bond donors (Lipinski definition) is 1. The number of fused-ring (bicyclic) bond motifs is 1. The topological polar surface area (TPSA) is 60.2 Å². The molecule has 0 spiro atoms. The molecule has 19 heavy (non-hydrogen) atoms. The largest absolute Gasteiger partial charge is 0.480 e. The van der Waals surface area contributed by atoms with Crippen molar-refractivity contribution in [3.05, 3.63) is 41.6 Å². The molecule has 1 aromatic heterocycles. The van der Waals surface area contributed by atoms with Crippen molar-refractivity contribution in [2.75, 3.05) is 0 Å². The lowest BCUT2D eigenvalue weighted by Crippen LogP contribution is -2.21. The molecule has 0 bridgehead atoms. The maximum atomic E-state index is 5.82. The predicted octanol–water partition coefficient (Wildman–Crippen LogP) is 2.24. The number of benzene rings is 1. The van der Waals surface area contributed by atoms with Crippen molar-refractivity contribution >= 4 is 0 Å². The minimum absolute atomic E-state index is 0.155. The average Bonchev–Trinajstić information content (AvgIpc) is 3.02. The van der Waals surface area contributed by atoms with Crippen molar-refractivity contribution in [2.24, 2.45) is 0 Å². The molecule has 1 aromatic carbocycles. The minimum Gasteiger partial charge on any atom is -0.480 e. The highest BCUT2D eigenvalue weighted by molar-refractivity contribution is 5.37. The highest BCUT2D eigenvalue weighted by Crippen LogP contribution is 2.35. The third kappa shape index (κ3) is 2.61. The normalized spacial score (nSPS) is 17.5. The summed E-state index contributed by atoms with van der Waals surface area (Å²) in [6, 6.07) is 8.39. The Morgan fingerprint density at radius 1 is 1.32 bits per heavy atom. The Kier molecular flexibility index (Phi) is 3.21. The van der Waals surface area contributed by atoms with E-state index in [1.54, 1.807) is 0 Å². The van der Waals surface area contributed by atoms with Crippen LogP contribution < -0.4 is 10.1 Å². The first-order chi connectivity index (χ1) is 9.22. The van der Waals surface area contributed by atoms with Gasteiger partial charge in [0.25, 0.3) is 5.89 Å². The lowest BCUT2D eigenvalue weighted by atomic mass is 10.1. The molecule has 2 aromatic rings. The molecule has 1 aliphatic heterocycles. The van der Waals surface area contributed by atoms with E-state index >= 15 is 0 Å². The van der Waals surface area contributed by atoms with Crippen molar-refractivity contribution in [3.8, 4) is 5.75 Å². The first kappa shape index (κ1) is 12.2. The fourth-order valence-electron chi connectivity index (χ4n) is 2.08. The quantitative estimate of drug-likeness (QED) is 0.912. The van der Waals surface area contributed by atoms with Gasteiger partial charge >= 0.3 is 0 Å². The second kappa shape index (κ2) is 5.01. The summed E-state index contributed by atoms with van der Waals surface area (Å²) >= 11 is 0. The van der Waals surface area contributed by atoms with Gasteiger partial charge in [-0.2, -0.15) is 0 Å². The molecule has 0 saturated carbocycles. The van der Waals surface area contributed by atoms with Gasteiger partial charge in [-0.15, -0.1) is 10.2 Å². The standard InChI is InChI=1S/C14H17N3O2/c1-9(2)15-8-13-16-17-14(19-13)12-7-10-5-3-4-6-11(10)18-12/h3-6,9,12,15H,7-8H2,1-2H3. The van der Waals surface area contributed by atoms with Gasteiger partial charge in [-0.05, 0) is 11.6 Å². The zero-order valence-electron chi connectivity index (χ0n) is 11.1. The van der Waals surface area contributed by atoms with Gasteiger partial charge in [0, 0.05) is 12.5 Å². The van der Waals surface area contributed by atoms with Gasteiger partial charge in [-0.3, -0.25) is 0 Å². The van der Waals surface area contributed by atoms with Crippen molar-refractivity contribution in [1.29, 1.82) is 0 Å². The molecule has 0 aliphatic carbocycles. The van der Waals surface area contributed by atoms with Crippen molar-refractivity contribution in [2.45, 2.75) is 39.0 Å². The summed E-state index contributed by atoms with van der Waals surface area (Å²) in [4.78, 5) is 0. The highest BCUT2D eigenvalue weighted by Gasteiger charge is 2.28. The van der Waals surface area contributed by atoms with Crippen LogP contribution >= 0.6 is 0 Å². The van der Waals surface area contributed by atoms with Crippen LogP contribution in [0.1, 0.15) is 37.3 Å². The van der Waals surface area contributed by atoms with Crippen LogP contribution in [0.15, 0.2) is 28.7 Å². The molecule has 1 atom stereocenters. The summed E-state index contributed by atoms with van der Waals surface area (Å²) in [5.74, 6) is 2.06. The smallest absolute Gasteiger partial charge is 0.257 e. The zero-order chi connectivity index (χ0) is 13.2. The second-order valence-electron chi connectivity index (χ2n) is 4.99. The van der Waals surface area contributed by atoms with Gasteiger partial charge in [0.1, 0.15) is 5.75 Å². The van der Waals surface area contributed by atoms with Crippen molar-refractivity contribution in [1.82, 2.24) is 15.5 Å². The van der Waals surface area contributed by atoms with E-state index in [2.05, 4.69) is 35.4 Å². The SMILES string of the molecule is CC(C)NCc1nnc(C2Cc3ccccc3O2)o1. The molecule has 1 aliphatic rings. The van der Waals surface area contributed by atoms with E-state index in [0.717, 1.165) is 12.2 Å². The van der Waals surface area contributed by atoms with Crippen molar-refractivity contribution < 1.29 is 9.15 Å². The Bertz CT molecular complexity index is 540. The van der Waals surface area contributed by atoms with Gasteiger partial charge in [0.15, 0.2) is 6.10 Å². The molecule has 0 saturated heterocycles. The number of aromatic nitrogens is 2. The maximum absolute atomic E-state index is 5.82. The Morgan fingerprint density at radius 2 is 2.16 bits per heavy atom. The van der Waals surface area contributed by atoms with Crippen molar-refractivity contribution in [3.63, 3.8) is 0 Å². The van der Waals surface area contributed by atoms with E-state index in [1.807, 2.05) is 18.2 Å². The highest BCUT2D eigenvalue weighted by atomic mass is 16.5. The molecular formula is C14H17N3O2. The number of hydrogen-bond acceptors (Lipinski definition) is 5. The second-order valence-corrected chi connectivity index (χ2v) is 4.99. The third-order valence-corrected chi connectivity index (χ3v) is 3.07. The molecule has 2 heterocycles. The third-order valence-electron chi connectivity index (χ3n) is 3.07. The fraction of sp³-hybridized carbons (Fsp3) is 0.429. The number of nitrogens with zero attached hydrogens (tertiary/aromatic N) is 2. The molecule has 3 rings (SSSR count). The summed E-state index contributed by atoms with van der Waals surface area (Å²) in [5, 5.41) is 11.4. The van der Waals surface area contributed by atoms with Crippen LogP contribution in [0.25, 0.3) is 0 Å². The van der Waals surface area contributed by atoms with Crippen LogP contribution in [0, 0.1) is 0 Å². The first-order valence-electron chi connectivity index (χ1n) is 6.52. The predicted molar refractivity (Wildman–Crippen MR) is 69.8 cm³/mol. The molecule has 5 heteroatoms. The van der Waals surface area contributed by atoms with E-state index in [1.165, 1.54) is 5.56 Å². The van der Waals surface area contributed by atoms with E-state index in [4.69, 9.17) is 9.15 Å². The Morgan fingerprint density at radius 3 is 2.95 bits per heavy atom. The number of ether oxygens (including phenoxy) is 1. The van der Waals surface area contributed by atoms with E-state index in [-0.39, 0.29) is 6.10 Å². The molecule has 100 valence electrons. The summed E-state index contributed by atoms with van der Waals surface area (Å²) < 4.78 is 11.5. The monoisotopic (exact) mass is 259 g/mol. The fourth-order valence-corrected chi connectivity index (χ4v) is 2.08. The van der Waals surface area contributed by atoms with Crippen LogP contribution in [0.4, 0.5) is 0 Å². The maximum Gasteiger partial charge on any atom is 0.257 e. The minimum atomic E-state index is -0.155. The van der Waals surface area contributed by atoms with E-state index in [0.29, 0.717) is 24.4 Å². The summed E-state index contributed by atoms with van der Waals surface area (Å²) in [6.07, 6.45) is 0.632. The molecule has 1 N–H and O–H groups in total. The van der Waals surface area contributed by atoms with Gasteiger partial charge in [0.05, 0.1) is 6.54 Å². The van der Waals surface area contributed by atoms with Crippen LogP contribution in [0.5, 0.6) is 5.75 Å². The van der Waals surface area contributed by atoms with Crippen LogP contribution in [0.3, 0.4) is 0 Å². The Labute approximate surface area is 112 Å². The lowest BCUT2D eigenvalue weighted by Gasteiger charge is -2.05. The zero-order valence-corrected chi connectivity index (χ0v) is 11.1. The molecule has 0 fully saturated rings.